The Labute approximate surface area is 144 Å². The summed E-state index contributed by atoms with van der Waals surface area (Å²) in [7, 11) is 1.59. The molecule has 0 atom stereocenters. The van der Waals surface area contributed by atoms with Gasteiger partial charge in [0, 0.05) is 12.1 Å². The van der Waals surface area contributed by atoms with Crippen LogP contribution in [0.25, 0.3) is 6.08 Å². The molecule has 0 saturated carbocycles. The van der Waals surface area contributed by atoms with Crippen LogP contribution in [0.5, 0.6) is 5.75 Å². The number of ether oxygens (including phenoxy) is 1. The highest BCUT2D eigenvalue weighted by atomic mass is 16.6. The largest absolute Gasteiger partial charge is 0.497 e. The summed E-state index contributed by atoms with van der Waals surface area (Å²) in [4.78, 5) is 22.9. The molecule has 0 N–H and O–H groups in total. The van der Waals surface area contributed by atoms with Crippen LogP contribution in [0.2, 0.25) is 0 Å². The maximum absolute atomic E-state index is 12.6. The standard InChI is InChI=1S/C18H15N3O4/c1-12-17(11-13-3-9-16(25-2)10-4-13)18(22)20(19-12)14-5-7-15(8-6-14)21(23)24/h3-11H,1-2H3/b17-11+. The second-order valence-corrected chi connectivity index (χ2v) is 5.41. The first-order valence-electron chi connectivity index (χ1n) is 7.50. The summed E-state index contributed by atoms with van der Waals surface area (Å²) in [5, 5.41) is 16.2. The van der Waals surface area contributed by atoms with E-state index in [0.717, 1.165) is 11.3 Å². The Hall–Kier alpha value is -3.48. The Balaban J connectivity index is 1.87. The fraction of sp³-hybridized carbons (Fsp3) is 0.111. The molecule has 0 bridgehead atoms. The Morgan fingerprint density at radius 1 is 1.12 bits per heavy atom. The number of benzene rings is 2. The Morgan fingerprint density at radius 3 is 2.32 bits per heavy atom. The molecule has 3 rings (SSSR count). The number of carbonyl (C=O) groups is 1. The quantitative estimate of drug-likeness (QED) is 0.486. The van der Waals surface area contributed by atoms with E-state index < -0.39 is 4.92 Å². The van der Waals surface area contributed by atoms with Crippen LogP contribution >= 0.6 is 0 Å². The number of hydrogen-bond donors (Lipinski definition) is 0. The minimum Gasteiger partial charge on any atom is -0.497 e. The van der Waals surface area contributed by atoms with Crippen LogP contribution in [0.15, 0.2) is 59.2 Å². The zero-order valence-electron chi connectivity index (χ0n) is 13.7. The van der Waals surface area contributed by atoms with Gasteiger partial charge in [-0.1, -0.05) is 12.1 Å². The molecule has 1 aliphatic heterocycles. The van der Waals surface area contributed by atoms with E-state index in [4.69, 9.17) is 4.74 Å². The van der Waals surface area contributed by atoms with Gasteiger partial charge in [-0.05, 0) is 42.8 Å². The molecule has 0 radical (unpaired) electrons. The lowest BCUT2D eigenvalue weighted by molar-refractivity contribution is -0.384. The Morgan fingerprint density at radius 2 is 1.76 bits per heavy atom. The number of non-ortho nitro benzene ring substituents is 1. The van der Waals surface area contributed by atoms with Crippen molar-refractivity contribution >= 4 is 29.1 Å². The molecule has 2 aromatic carbocycles. The van der Waals surface area contributed by atoms with Crippen molar-refractivity contribution in [3.05, 3.63) is 69.8 Å². The highest BCUT2D eigenvalue weighted by molar-refractivity contribution is 6.32. The number of methoxy groups -OCH3 is 1. The fourth-order valence-corrected chi connectivity index (χ4v) is 2.44. The van der Waals surface area contributed by atoms with E-state index in [1.54, 1.807) is 20.1 Å². The molecular weight excluding hydrogens is 322 g/mol. The fourth-order valence-electron chi connectivity index (χ4n) is 2.44. The Kier molecular flexibility index (Phi) is 4.30. The van der Waals surface area contributed by atoms with Gasteiger partial charge in [-0.3, -0.25) is 14.9 Å². The molecule has 1 amide bonds. The van der Waals surface area contributed by atoms with Gasteiger partial charge in [0.25, 0.3) is 11.6 Å². The molecule has 2 aromatic rings. The molecule has 1 heterocycles. The average Bonchev–Trinajstić information content (AvgIpc) is 2.90. The number of hydrogen-bond acceptors (Lipinski definition) is 5. The molecule has 0 unspecified atom stereocenters. The maximum atomic E-state index is 12.6. The van der Waals surface area contributed by atoms with Crippen LogP contribution in [-0.4, -0.2) is 23.7 Å². The molecule has 0 aliphatic carbocycles. The maximum Gasteiger partial charge on any atom is 0.280 e. The third-order valence-corrected chi connectivity index (χ3v) is 3.79. The van der Waals surface area contributed by atoms with E-state index in [-0.39, 0.29) is 11.6 Å². The van der Waals surface area contributed by atoms with Crippen LogP contribution in [0, 0.1) is 10.1 Å². The number of anilines is 1. The van der Waals surface area contributed by atoms with Crippen molar-refractivity contribution in [2.45, 2.75) is 6.92 Å². The van der Waals surface area contributed by atoms with Gasteiger partial charge >= 0.3 is 0 Å². The third-order valence-electron chi connectivity index (χ3n) is 3.79. The molecule has 7 nitrogen and oxygen atoms in total. The van der Waals surface area contributed by atoms with Gasteiger partial charge in [0.2, 0.25) is 0 Å². The first-order chi connectivity index (χ1) is 12.0. The van der Waals surface area contributed by atoms with E-state index >= 15 is 0 Å². The normalized spacial score (nSPS) is 15.4. The molecule has 7 heteroatoms. The van der Waals surface area contributed by atoms with Gasteiger partial charge in [-0.2, -0.15) is 10.1 Å². The average molecular weight is 337 g/mol. The lowest BCUT2D eigenvalue weighted by atomic mass is 10.1. The Bertz CT molecular complexity index is 884. The molecule has 0 spiro atoms. The summed E-state index contributed by atoms with van der Waals surface area (Å²) in [5.41, 5.74) is 2.35. The topological polar surface area (TPSA) is 85.0 Å². The molecule has 0 saturated heterocycles. The second kappa shape index (κ2) is 6.56. The van der Waals surface area contributed by atoms with Gasteiger partial charge < -0.3 is 4.74 Å². The van der Waals surface area contributed by atoms with E-state index in [1.165, 1.54) is 29.3 Å². The van der Waals surface area contributed by atoms with E-state index in [1.807, 2.05) is 24.3 Å². The highest BCUT2D eigenvalue weighted by Gasteiger charge is 2.28. The van der Waals surface area contributed by atoms with Crippen LogP contribution in [-0.2, 0) is 4.79 Å². The van der Waals surface area contributed by atoms with Crippen molar-refractivity contribution < 1.29 is 14.5 Å². The molecular formula is C18H15N3O4. The zero-order valence-corrected chi connectivity index (χ0v) is 13.7. The minimum atomic E-state index is -0.487. The van der Waals surface area contributed by atoms with Crippen molar-refractivity contribution in [3.8, 4) is 5.75 Å². The molecule has 25 heavy (non-hydrogen) atoms. The lowest BCUT2D eigenvalue weighted by Gasteiger charge is -2.11. The van der Waals surface area contributed by atoms with Crippen LogP contribution < -0.4 is 9.75 Å². The molecule has 0 aromatic heterocycles. The van der Waals surface area contributed by atoms with Crippen molar-refractivity contribution in [1.82, 2.24) is 0 Å². The lowest BCUT2D eigenvalue weighted by Crippen LogP contribution is -2.21. The highest BCUT2D eigenvalue weighted by Crippen LogP contribution is 2.27. The zero-order chi connectivity index (χ0) is 18.0. The number of nitrogens with zero attached hydrogens (tertiary/aromatic N) is 3. The number of nitro groups is 1. The first kappa shape index (κ1) is 16.4. The summed E-state index contributed by atoms with van der Waals surface area (Å²) in [6.45, 7) is 1.75. The van der Waals surface area contributed by atoms with Gasteiger partial charge in [-0.25, -0.2) is 0 Å². The van der Waals surface area contributed by atoms with Crippen LogP contribution in [0.1, 0.15) is 12.5 Å². The summed E-state index contributed by atoms with van der Waals surface area (Å²) < 4.78 is 5.12. The number of rotatable bonds is 4. The predicted molar refractivity (Wildman–Crippen MR) is 94.7 cm³/mol. The van der Waals surface area contributed by atoms with Crippen molar-refractivity contribution in [2.24, 2.45) is 5.10 Å². The molecule has 0 fully saturated rings. The van der Waals surface area contributed by atoms with Crippen molar-refractivity contribution in [2.75, 3.05) is 12.1 Å². The van der Waals surface area contributed by atoms with Gasteiger partial charge in [0.15, 0.2) is 0 Å². The SMILES string of the molecule is COc1ccc(/C=C2/C(=O)N(c3ccc([N+](=O)[O-])cc3)N=C2C)cc1. The molecule has 1 aliphatic rings. The second-order valence-electron chi connectivity index (χ2n) is 5.41. The molecule has 126 valence electrons. The predicted octanol–water partition coefficient (Wildman–Crippen LogP) is 3.41. The summed E-state index contributed by atoms with van der Waals surface area (Å²) >= 11 is 0. The summed E-state index contributed by atoms with van der Waals surface area (Å²) in [6, 6.07) is 13.0. The van der Waals surface area contributed by atoms with E-state index in [0.29, 0.717) is 17.0 Å². The number of amides is 1. The summed E-state index contributed by atoms with van der Waals surface area (Å²) in [5.74, 6) is 0.458. The third kappa shape index (κ3) is 3.25. The van der Waals surface area contributed by atoms with E-state index in [2.05, 4.69) is 5.10 Å². The summed E-state index contributed by atoms with van der Waals surface area (Å²) in [6.07, 6.45) is 1.76. The first-order valence-corrected chi connectivity index (χ1v) is 7.50. The van der Waals surface area contributed by atoms with Crippen molar-refractivity contribution in [1.29, 1.82) is 0 Å². The number of carbonyl (C=O) groups excluding carboxylic acids is 1. The monoisotopic (exact) mass is 337 g/mol. The van der Waals surface area contributed by atoms with Gasteiger partial charge in [0.1, 0.15) is 5.75 Å². The van der Waals surface area contributed by atoms with Crippen LogP contribution in [0.4, 0.5) is 11.4 Å². The van der Waals surface area contributed by atoms with Crippen molar-refractivity contribution in [3.63, 3.8) is 0 Å². The number of hydrazone groups is 1. The number of nitro benzene ring substituents is 1. The van der Waals surface area contributed by atoms with Crippen LogP contribution in [0.3, 0.4) is 0 Å². The smallest absolute Gasteiger partial charge is 0.280 e. The van der Waals surface area contributed by atoms with Gasteiger partial charge in [0.05, 0.1) is 29.0 Å². The van der Waals surface area contributed by atoms with E-state index in [9.17, 15) is 14.9 Å². The van der Waals surface area contributed by atoms with Gasteiger partial charge in [-0.15, -0.1) is 0 Å². The minimum absolute atomic E-state index is 0.0369.